The number of ether oxygens (including phenoxy) is 4. The summed E-state index contributed by atoms with van der Waals surface area (Å²) in [5.74, 6) is -6.76. The predicted molar refractivity (Wildman–Crippen MR) is 410 cm³/mol. The summed E-state index contributed by atoms with van der Waals surface area (Å²) >= 11 is 0. The van der Waals surface area contributed by atoms with Crippen LogP contribution >= 0.6 is 0 Å². The fourth-order valence-corrected chi connectivity index (χ4v) is 23.9. The normalized spacial score (nSPS) is 17.9. The van der Waals surface area contributed by atoms with Crippen molar-refractivity contribution in [1.82, 2.24) is 20.0 Å². The molecule has 3 aliphatic rings. The fourth-order valence-electron chi connectivity index (χ4n) is 12.9. The molecule has 3 heterocycles. The lowest BCUT2D eigenvalue weighted by Gasteiger charge is -2.43. The Bertz CT molecular complexity index is 3890. The third-order valence-corrected chi connectivity index (χ3v) is 30.6. The molecular weight excluding hydrogens is 1450 g/mol. The molecule has 0 spiro atoms. The van der Waals surface area contributed by atoms with Crippen LogP contribution in [0.1, 0.15) is 136 Å². The van der Waals surface area contributed by atoms with Crippen molar-refractivity contribution < 1.29 is 96.5 Å². The van der Waals surface area contributed by atoms with Gasteiger partial charge in [0.1, 0.15) is 36.4 Å². The molecule has 2 saturated heterocycles. The Balaban J connectivity index is 0.000000335. The lowest BCUT2D eigenvalue weighted by Crippen LogP contribution is -2.66. The molecule has 0 radical (unpaired) electrons. The SMILES string of the molecule is CC(C)(CCO[Si](c1ccccc1)(c1ccccc1)C(C)(C)C)COS(=O)(=O)CCOC[C@@H]1C[C@H](N2C(=O)C=CC2=O)C(=O)N1CC(=O)OC(C)(C)C.CC(C)(CCO[Si](c1ccccc1)(c1ccccc1)C(C)(C)C)COS(=O)(=O)CCOC[C@@H]1C[C@H](NC(=O)/C=C\C(=O)O)C(=O)N1CC(=O)OC(C)(C)C. The van der Waals surface area contributed by atoms with Gasteiger partial charge in [0.25, 0.3) is 48.7 Å². The Kier molecular flexibility index (Phi) is 30.7. The van der Waals surface area contributed by atoms with Crippen molar-refractivity contribution >= 4 is 105 Å². The molecule has 2 fully saturated rings. The Morgan fingerprint density at radius 1 is 0.495 bits per heavy atom. The number of hydrogen-bond donors (Lipinski definition) is 2. The van der Waals surface area contributed by atoms with E-state index in [-0.39, 0.29) is 62.6 Å². The van der Waals surface area contributed by atoms with Gasteiger partial charge in [0.15, 0.2) is 0 Å². The Morgan fingerprint density at radius 2 is 0.841 bits per heavy atom. The second-order valence-corrected chi connectivity index (χ2v) is 44.7. The molecule has 5 amide bonds. The van der Waals surface area contributed by atoms with Gasteiger partial charge in [-0.05, 0) is 102 Å². The highest BCUT2D eigenvalue weighted by Crippen LogP contribution is 2.40. The maximum Gasteiger partial charge on any atom is 0.328 e. The van der Waals surface area contributed by atoms with E-state index < -0.39 is 155 Å². The quantitative estimate of drug-likeness (QED) is 0.0116. The highest BCUT2D eigenvalue weighted by molar-refractivity contribution is 7.87. The average molecular weight is 1560 g/mol. The van der Waals surface area contributed by atoms with Crippen molar-refractivity contribution in [2.45, 2.75) is 182 Å². The minimum absolute atomic E-state index is 0.0220. The van der Waals surface area contributed by atoms with Crippen molar-refractivity contribution in [3.05, 3.63) is 146 Å². The molecule has 29 heteroatoms. The molecular formula is C78H110N4O21S2Si2. The summed E-state index contributed by atoms with van der Waals surface area (Å²) in [6.07, 6.45) is 4.76. The van der Waals surface area contributed by atoms with Crippen LogP contribution in [0.4, 0.5) is 0 Å². The molecule has 0 bridgehead atoms. The maximum absolute atomic E-state index is 13.4. The number of amides is 5. The monoisotopic (exact) mass is 1560 g/mol. The van der Waals surface area contributed by atoms with Crippen LogP contribution in [0.5, 0.6) is 0 Å². The smallest absolute Gasteiger partial charge is 0.328 e. The summed E-state index contributed by atoms with van der Waals surface area (Å²) in [6.45, 7) is 30.2. The number of imide groups is 1. The summed E-state index contributed by atoms with van der Waals surface area (Å²) in [6, 6.07) is 37.6. The zero-order chi connectivity index (χ0) is 79.6. The van der Waals surface area contributed by atoms with Gasteiger partial charge in [-0.15, -0.1) is 0 Å². The molecule has 4 aromatic rings. The van der Waals surface area contributed by atoms with Crippen LogP contribution in [0.2, 0.25) is 10.1 Å². The number of aliphatic carboxylic acids is 1. The number of carboxylic acids is 1. The van der Waals surface area contributed by atoms with Crippen molar-refractivity contribution in [2.24, 2.45) is 10.8 Å². The van der Waals surface area contributed by atoms with E-state index in [0.717, 1.165) is 43.9 Å². The third kappa shape index (κ3) is 25.8. The number of likely N-dealkylation sites (tertiary alicyclic amines) is 2. The number of esters is 2. The number of benzene rings is 4. The standard InChI is InChI=1S/C39H56N2O11SSi.C39H54N2O10SSi/c1-37(2,3)52-35(45)26-41-29(25-32(36(41)46)40-33(42)19-20-34(43)44)27-49-23-24-53(47,48)50-28-39(7,8)21-22-51-54(38(4,5)6,30-15-11-9-12-16-30)31-17-13-10-14-18-31;1-37(2,3)51-35(44)26-40-29(25-32(36(40)45)41-33(42)19-20-34(41)43)27-48-23-24-52(46,47)49-28-39(7,8)21-22-50-53(38(4,5)6,30-15-11-9-12-16-30)31-17-13-10-14-18-31/h9-20,29,32H,21-28H2,1-8H3,(H,40,42)(H,43,44);9-20,29,32H,21-28H2,1-8H3/b20-19-;/t2*29-,32-/m00/s1. The van der Waals surface area contributed by atoms with Crippen LogP contribution in [0, 0.1) is 10.8 Å². The first-order valence-electron chi connectivity index (χ1n) is 35.9. The number of carbonyl (C=O) groups excluding carboxylic acids is 7. The van der Waals surface area contributed by atoms with Crippen molar-refractivity contribution in [3.63, 3.8) is 0 Å². The zero-order valence-corrected chi connectivity index (χ0v) is 68.4. The summed E-state index contributed by atoms with van der Waals surface area (Å²) < 4.78 is 98.8. The topological polar surface area (TPSA) is 321 Å². The van der Waals surface area contributed by atoms with Gasteiger partial charge in [-0.3, -0.25) is 46.8 Å². The highest BCUT2D eigenvalue weighted by Gasteiger charge is 2.53. The van der Waals surface area contributed by atoms with Gasteiger partial charge < -0.3 is 48.0 Å². The van der Waals surface area contributed by atoms with Crippen molar-refractivity contribution in [2.75, 3.05) is 77.5 Å². The zero-order valence-electron chi connectivity index (χ0n) is 64.7. The minimum atomic E-state index is -4.00. The van der Waals surface area contributed by atoms with Crippen LogP contribution in [0.15, 0.2) is 146 Å². The molecule has 4 aromatic carbocycles. The van der Waals surface area contributed by atoms with Crippen LogP contribution in [-0.2, 0) is 94.8 Å². The van der Waals surface area contributed by atoms with E-state index >= 15 is 0 Å². The highest BCUT2D eigenvalue weighted by atomic mass is 32.2. The second-order valence-electron chi connectivity index (χ2n) is 32.6. The molecule has 0 saturated carbocycles. The van der Waals surface area contributed by atoms with E-state index in [0.29, 0.717) is 32.1 Å². The summed E-state index contributed by atoms with van der Waals surface area (Å²) in [5.41, 5.74) is -2.69. The van der Waals surface area contributed by atoms with Gasteiger partial charge in [0.2, 0.25) is 17.7 Å². The van der Waals surface area contributed by atoms with Crippen LogP contribution in [0.3, 0.4) is 0 Å². The summed E-state index contributed by atoms with van der Waals surface area (Å²) in [5, 5.41) is 15.5. The first kappa shape index (κ1) is 88.3. The first-order chi connectivity index (χ1) is 49.7. The molecule has 4 atom stereocenters. The molecule has 0 unspecified atom stereocenters. The molecule has 3 aliphatic heterocycles. The van der Waals surface area contributed by atoms with Crippen LogP contribution < -0.4 is 26.1 Å². The van der Waals surface area contributed by atoms with E-state index in [9.17, 15) is 55.2 Å². The van der Waals surface area contributed by atoms with Gasteiger partial charge in [0, 0.05) is 43.9 Å². The van der Waals surface area contributed by atoms with Gasteiger partial charge in [0.05, 0.1) is 63.2 Å². The largest absolute Gasteiger partial charge is 0.478 e. The number of carboxylic acid groups (broad SMARTS) is 1. The van der Waals surface area contributed by atoms with Gasteiger partial charge in [-0.1, -0.05) is 191 Å². The number of nitrogens with one attached hydrogen (secondary N) is 1. The lowest BCUT2D eigenvalue weighted by molar-refractivity contribution is -0.160. The van der Waals surface area contributed by atoms with Crippen molar-refractivity contribution in [1.29, 1.82) is 0 Å². The van der Waals surface area contributed by atoms with Crippen LogP contribution in [0.25, 0.3) is 0 Å². The van der Waals surface area contributed by atoms with E-state index in [1.807, 2.05) is 100 Å². The second kappa shape index (κ2) is 37.2. The number of carbonyl (C=O) groups is 8. The number of nitrogens with zero attached hydrogens (tertiary/aromatic N) is 3. The lowest BCUT2D eigenvalue weighted by atomic mass is 9.91. The van der Waals surface area contributed by atoms with Gasteiger partial charge in [-0.25, -0.2) is 4.79 Å². The summed E-state index contributed by atoms with van der Waals surface area (Å²) in [7, 11) is -13.5. The van der Waals surface area contributed by atoms with Gasteiger partial charge in [-0.2, -0.15) is 16.8 Å². The van der Waals surface area contributed by atoms with E-state index in [2.05, 4.69) is 95.4 Å². The molecule has 0 aliphatic carbocycles. The predicted octanol–water partition coefficient (Wildman–Crippen LogP) is 6.99. The van der Waals surface area contributed by atoms with Crippen molar-refractivity contribution in [3.8, 4) is 0 Å². The Labute approximate surface area is 633 Å². The number of rotatable bonds is 36. The average Bonchev–Trinajstić information content (AvgIpc) is 1.68. The van der Waals surface area contributed by atoms with E-state index in [1.54, 1.807) is 41.5 Å². The fraction of sp³-hybridized carbons (Fsp3) is 0.538. The molecule has 588 valence electrons. The molecule has 25 nitrogen and oxygen atoms in total. The van der Waals surface area contributed by atoms with E-state index in [1.165, 1.54) is 9.80 Å². The summed E-state index contributed by atoms with van der Waals surface area (Å²) in [4.78, 5) is 103. The maximum atomic E-state index is 13.4. The molecule has 107 heavy (non-hydrogen) atoms. The Morgan fingerprint density at radius 3 is 1.18 bits per heavy atom. The molecule has 7 rings (SSSR count). The van der Waals surface area contributed by atoms with Gasteiger partial charge >= 0.3 is 17.9 Å². The molecule has 0 aromatic heterocycles. The van der Waals surface area contributed by atoms with E-state index in [4.69, 9.17) is 41.3 Å². The van der Waals surface area contributed by atoms with Crippen LogP contribution in [-0.4, -0.2) is 214 Å². The Hall–Kier alpha value is -7.59. The minimum Gasteiger partial charge on any atom is -0.478 e. The third-order valence-electron chi connectivity index (χ3n) is 18.2. The molecule has 2 N–H and O–H groups in total. The first-order valence-corrected chi connectivity index (χ1v) is 42.9. The number of hydrogen-bond acceptors (Lipinski definition) is 20.